The van der Waals surface area contributed by atoms with Gasteiger partial charge in [0.05, 0.1) is 26.7 Å². The molecule has 0 saturated carbocycles. The molecule has 7 nitrogen and oxygen atoms in total. The number of carboxylic acid groups (broad SMARTS) is 1. The summed E-state index contributed by atoms with van der Waals surface area (Å²) in [6.45, 7) is 6.43. The highest BCUT2D eigenvalue weighted by Crippen LogP contribution is 2.36. The first kappa shape index (κ1) is 24.9. The van der Waals surface area contributed by atoms with Crippen molar-refractivity contribution in [3.8, 4) is 16.3 Å². The first-order valence-corrected chi connectivity index (χ1v) is 11.5. The number of halogens is 1. The third-order valence-electron chi connectivity index (χ3n) is 4.77. The number of aliphatic carboxylic acids is 1. The second kappa shape index (κ2) is 11.9. The van der Waals surface area contributed by atoms with E-state index < -0.39 is 12.1 Å². The van der Waals surface area contributed by atoms with Crippen molar-refractivity contribution in [3.05, 3.63) is 33.8 Å². The average Bonchev–Trinajstić information content (AvgIpc) is 3.11. The highest BCUT2D eigenvalue weighted by Gasteiger charge is 2.18. The van der Waals surface area contributed by atoms with Crippen LogP contribution in [0.25, 0.3) is 10.6 Å². The van der Waals surface area contributed by atoms with Crippen LogP contribution in [-0.2, 0) is 16.1 Å². The van der Waals surface area contributed by atoms with Gasteiger partial charge in [0, 0.05) is 25.6 Å². The van der Waals surface area contributed by atoms with Crippen LogP contribution in [0.5, 0.6) is 5.75 Å². The summed E-state index contributed by atoms with van der Waals surface area (Å²) in [7, 11) is 1.68. The van der Waals surface area contributed by atoms with Gasteiger partial charge < -0.3 is 19.5 Å². The summed E-state index contributed by atoms with van der Waals surface area (Å²) in [5.74, 6) is -0.198. The molecule has 0 aliphatic carbocycles. The third-order valence-corrected chi connectivity index (χ3v) is 6.10. The van der Waals surface area contributed by atoms with Gasteiger partial charge in [0.1, 0.15) is 12.4 Å². The second-order valence-corrected chi connectivity index (χ2v) is 8.90. The highest BCUT2D eigenvalue weighted by atomic mass is 35.5. The lowest BCUT2D eigenvalue weighted by atomic mass is 10.1. The van der Waals surface area contributed by atoms with Gasteiger partial charge in [-0.2, -0.15) is 0 Å². The van der Waals surface area contributed by atoms with E-state index in [4.69, 9.17) is 26.2 Å². The molecule has 0 bridgehead atoms. The van der Waals surface area contributed by atoms with E-state index in [1.807, 2.05) is 32.9 Å². The van der Waals surface area contributed by atoms with E-state index >= 15 is 0 Å². The second-order valence-electron chi connectivity index (χ2n) is 7.21. The van der Waals surface area contributed by atoms with Crippen LogP contribution in [-0.4, -0.2) is 46.7 Å². The molecular formula is C22H29ClN2O5S. The molecule has 1 N–H and O–H groups in total. The molecule has 2 aromatic heterocycles. The number of aromatic nitrogens is 1. The fraction of sp³-hybridized carbons (Fsp3) is 0.500. The molecule has 0 aromatic carbocycles. The van der Waals surface area contributed by atoms with Crippen molar-refractivity contribution in [1.82, 2.24) is 9.88 Å². The number of ether oxygens (including phenoxy) is 2. The van der Waals surface area contributed by atoms with Gasteiger partial charge in [-0.25, -0.2) is 9.78 Å². The summed E-state index contributed by atoms with van der Waals surface area (Å²) in [5, 5.41) is 8.95. The number of aryl methyl sites for hydroxylation is 1. The fourth-order valence-corrected chi connectivity index (χ4v) is 4.17. The highest BCUT2D eigenvalue weighted by molar-refractivity contribution is 7.19. The number of carbonyl (C=O) groups is 2. The number of hydrogen-bond acceptors (Lipinski definition) is 6. The number of hydrogen-bond donors (Lipinski definition) is 1. The Labute approximate surface area is 192 Å². The molecule has 2 aromatic rings. The van der Waals surface area contributed by atoms with E-state index in [0.29, 0.717) is 34.4 Å². The number of pyridine rings is 1. The van der Waals surface area contributed by atoms with Crippen molar-refractivity contribution >= 4 is 35.0 Å². The maximum atomic E-state index is 12.0. The maximum Gasteiger partial charge on any atom is 0.409 e. The minimum atomic E-state index is -0.831. The Bertz CT molecular complexity index is 902. The van der Waals surface area contributed by atoms with Crippen molar-refractivity contribution < 1.29 is 24.2 Å². The summed E-state index contributed by atoms with van der Waals surface area (Å²) in [5.41, 5.74) is 2.21. The predicted octanol–water partition coefficient (Wildman–Crippen LogP) is 5.77. The molecule has 0 unspecified atom stereocenters. The van der Waals surface area contributed by atoms with E-state index in [9.17, 15) is 9.59 Å². The van der Waals surface area contributed by atoms with E-state index in [-0.39, 0.29) is 19.1 Å². The molecule has 0 saturated heterocycles. The first-order valence-electron chi connectivity index (χ1n) is 10.3. The molecule has 31 heavy (non-hydrogen) atoms. The number of thiophene rings is 1. The summed E-state index contributed by atoms with van der Waals surface area (Å²) in [6.07, 6.45) is 1.63. The summed E-state index contributed by atoms with van der Waals surface area (Å²) < 4.78 is 12.0. The average molecular weight is 469 g/mol. The van der Waals surface area contributed by atoms with Gasteiger partial charge in [-0.1, -0.05) is 24.9 Å². The van der Waals surface area contributed by atoms with Crippen molar-refractivity contribution in [1.29, 1.82) is 0 Å². The zero-order chi connectivity index (χ0) is 23.0. The summed E-state index contributed by atoms with van der Waals surface area (Å²) in [4.78, 5) is 29.8. The normalized spacial score (nSPS) is 11.8. The topological polar surface area (TPSA) is 89.0 Å². The maximum absolute atomic E-state index is 12.0. The lowest BCUT2D eigenvalue weighted by molar-refractivity contribution is -0.137. The van der Waals surface area contributed by atoms with Crippen molar-refractivity contribution in [2.24, 2.45) is 0 Å². The molecule has 0 aliphatic heterocycles. The van der Waals surface area contributed by atoms with Crippen LogP contribution >= 0.6 is 22.9 Å². The monoisotopic (exact) mass is 468 g/mol. The molecule has 0 aliphatic rings. The van der Waals surface area contributed by atoms with Crippen molar-refractivity contribution in [2.75, 3.05) is 13.6 Å². The zero-order valence-corrected chi connectivity index (χ0v) is 19.9. The van der Waals surface area contributed by atoms with Gasteiger partial charge >= 0.3 is 12.1 Å². The summed E-state index contributed by atoms with van der Waals surface area (Å²) in [6, 6.07) is 5.47. The molecule has 1 amide bonds. The Morgan fingerprint density at radius 3 is 2.65 bits per heavy atom. The van der Waals surface area contributed by atoms with Gasteiger partial charge in [0.25, 0.3) is 0 Å². The Morgan fingerprint density at radius 2 is 2.03 bits per heavy atom. The van der Waals surface area contributed by atoms with Crippen molar-refractivity contribution in [3.63, 3.8) is 0 Å². The predicted molar refractivity (Wildman–Crippen MR) is 122 cm³/mol. The molecule has 9 heteroatoms. The Hall–Kier alpha value is -2.32. The molecule has 0 spiro atoms. The fourth-order valence-electron chi connectivity index (χ4n) is 2.95. The minimum Gasteiger partial charge on any atom is -0.489 e. The molecule has 0 radical (unpaired) electrons. The van der Waals surface area contributed by atoms with Gasteiger partial charge in [-0.15, -0.1) is 11.3 Å². The van der Waals surface area contributed by atoms with Crippen LogP contribution in [0, 0.1) is 6.92 Å². The van der Waals surface area contributed by atoms with Crippen LogP contribution in [0.1, 0.15) is 50.8 Å². The molecular weight excluding hydrogens is 440 g/mol. The van der Waals surface area contributed by atoms with Crippen LogP contribution in [0.15, 0.2) is 18.2 Å². The van der Waals surface area contributed by atoms with Crippen LogP contribution in [0.2, 0.25) is 4.34 Å². The third kappa shape index (κ3) is 7.40. The molecule has 170 valence electrons. The lowest BCUT2D eigenvalue weighted by Crippen LogP contribution is -2.26. The smallest absolute Gasteiger partial charge is 0.409 e. The number of carboxylic acids is 1. The number of amides is 1. The molecule has 1 atom stereocenters. The quantitative estimate of drug-likeness (QED) is 0.450. The van der Waals surface area contributed by atoms with E-state index in [1.165, 1.54) is 16.2 Å². The number of carbonyl (C=O) groups excluding carboxylic acids is 1. The Kier molecular flexibility index (Phi) is 9.58. The van der Waals surface area contributed by atoms with E-state index in [0.717, 1.165) is 23.3 Å². The standard InChI is InChI=1S/C22H29ClN2O5S/c1-5-7-16(8-11-20(26)27)30-18-10-9-17(24-14(18)3)21-15(12-19(23)31-21)13-29-22(28)25(4)6-2/h9-10,12,16H,5-8,11,13H2,1-4H3,(H,26,27)/t16-/m0/s1. The molecule has 2 heterocycles. The van der Waals surface area contributed by atoms with E-state index in [1.54, 1.807) is 13.1 Å². The van der Waals surface area contributed by atoms with E-state index in [2.05, 4.69) is 4.98 Å². The molecule has 0 fully saturated rings. The van der Waals surface area contributed by atoms with Crippen LogP contribution < -0.4 is 4.74 Å². The van der Waals surface area contributed by atoms with Crippen LogP contribution in [0.4, 0.5) is 4.79 Å². The lowest BCUT2D eigenvalue weighted by Gasteiger charge is -2.19. The van der Waals surface area contributed by atoms with Gasteiger partial charge in [0.15, 0.2) is 0 Å². The van der Waals surface area contributed by atoms with Gasteiger partial charge in [0.2, 0.25) is 0 Å². The Balaban J connectivity index is 2.17. The van der Waals surface area contributed by atoms with Crippen molar-refractivity contribution in [2.45, 2.75) is 59.2 Å². The van der Waals surface area contributed by atoms with Gasteiger partial charge in [-0.3, -0.25) is 4.79 Å². The summed E-state index contributed by atoms with van der Waals surface area (Å²) >= 11 is 7.60. The molecule has 2 rings (SSSR count). The Morgan fingerprint density at radius 1 is 1.29 bits per heavy atom. The first-order chi connectivity index (χ1) is 14.7. The minimum absolute atomic E-state index is 0.0677. The zero-order valence-electron chi connectivity index (χ0n) is 18.3. The largest absolute Gasteiger partial charge is 0.489 e. The number of rotatable bonds is 11. The SMILES string of the molecule is CCC[C@@H](CCC(=O)O)Oc1ccc(-c2sc(Cl)cc2COC(=O)N(C)CC)nc1C. The van der Waals surface area contributed by atoms with Crippen LogP contribution in [0.3, 0.4) is 0 Å². The van der Waals surface area contributed by atoms with Gasteiger partial charge in [-0.05, 0) is 44.9 Å². The number of nitrogens with zero attached hydrogens (tertiary/aromatic N) is 2.